The van der Waals surface area contributed by atoms with Gasteiger partial charge >= 0.3 is 0 Å². The highest BCUT2D eigenvalue weighted by Crippen LogP contribution is 2.40. The van der Waals surface area contributed by atoms with Gasteiger partial charge in [0.15, 0.2) is 5.16 Å². The van der Waals surface area contributed by atoms with Crippen LogP contribution < -0.4 is 10.5 Å². The Kier molecular flexibility index (Phi) is 5.40. The zero-order chi connectivity index (χ0) is 16.9. The second kappa shape index (κ2) is 7.70. The van der Waals surface area contributed by atoms with Crippen LogP contribution in [0.25, 0.3) is 0 Å². The van der Waals surface area contributed by atoms with E-state index in [1.54, 1.807) is 18.9 Å². The van der Waals surface area contributed by atoms with Crippen LogP contribution in [-0.2, 0) is 17.8 Å². The fraction of sp³-hybridized carbons (Fsp3) is 0.471. The van der Waals surface area contributed by atoms with Crippen molar-refractivity contribution in [2.75, 3.05) is 12.9 Å². The average molecular weight is 346 g/mol. The zero-order valence-corrected chi connectivity index (χ0v) is 14.6. The molecule has 24 heavy (non-hydrogen) atoms. The minimum Gasteiger partial charge on any atom is -0.497 e. The van der Waals surface area contributed by atoms with E-state index >= 15 is 0 Å². The number of nitrogens with two attached hydrogens (primary N) is 1. The zero-order valence-electron chi connectivity index (χ0n) is 13.8. The van der Waals surface area contributed by atoms with E-state index in [2.05, 4.69) is 26.9 Å². The molecule has 6 nitrogen and oxygen atoms in total. The summed E-state index contributed by atoms with van der Waals surface area (Å²) in [6.45, 7) is 0.568. The first-order chi connectivity index (χ1) is 11.7. The Morgan fingerprint density at radius 1 is 1.33 bits per heavy atom. The van der Waals surface area contributed by atoms with Crippen LogP contribution in [0.3, 0.4) is 0 Å². The Hall–Kier alpha value is -2.02. The van der Waals surface area contributed by atoms with Gasteiger partial charge in [0.25, 0.3) is 0 Å². The maximum Gasteiger partial charge on any atom is 0.219 e. The SMILES string of the molecule is COc1ccc(CCSc2nnc(C3CC3)n2CCC(N)=O)cc1. The van der Waals surface area contributed by atoms with Crippen molar-refractivity contribution >= 4 is 17.7 Å². The normalized spacial score (nSPS) is 13.9. The van der Waals surface area contributed by atoms with E-state index in [0.717, 1.165) is 41.7 Å². The number of hydrogen-bond donors (Lipinski definition) is 1. The largest absolute Gasteiger partial charge is 0.497 e. The van der Waals surface area contributed by atoms with E-state index in [9.17, 15) is 4.79 Å². The predicted octanol–water partition coefficient (Wildman–Crippen LogP) is 2.37. The van der Waals surface area contributed by atoms with Crippen molar-refractivity contribution in [1.82, 2.24) is 14.8 Å². The van der Waals surface area contributed by atoms with Gasteiger partial charge in [-0.2, -0.15) is 0 Å². The first kappa shape index (κ1) is 16.8. The van der Waals surface area contributed by atoms with Crippen LogP contribution in [0.2, 0.25) is 0 Å². The highest BCUT2D eigenvalue weighted by molar-refractivity contribution is 7.99. The first-order valence-electron chi connectivity index (χ1n) is 8.14. The van der Waals surface area contributed by atoms with Crippen molar-refractivity contribution in [3.63, 3.8) is 0 Å². The van der Waals surface area contributed by atoms with Gasteiger partial charge < -0.3 is 15.0 Å². The van der Waals surface area contributed by atoms with Crippen molar-refractivity contribution in [3.05, 3.63) is 35.7 Å². The monoisotopic (exact) mass is 346 g/mol. The lowest BCUT2D eigenvalue weighted by Gasteiger charge is -2.08. The molecule has 0 bridgehead atoms. The second-order valence-electron chi connectivity index (χ2n) is 5.93. The summed E-state index contributed by atoms with van der Waals surface area (Å²) in [5.74, 6) is 2.99. The van der Waals surface area contributed by atoms with Gasteiger partial charge in [-0.25, -0.2) is 0 Å². The summed E-state index contributed by atoms with van der Waals surface area (Å²) in [7, 11) is 1.67. The molecule has 3 rings (SSSR count). The van der Waals surface area contributed by atoms with E-state index in [1.807, 2.05) is 12.1 Å². The number of carbonyl (C=O) groups is 1. The number of carbonyl (C=O) groups excluding carboxylic acids is 1. The molecular weight excluding hydrogens is 324 g/mol. The van der Waals surface area contributed by atoms with Gasteiger partial charge in [0.2, 0.25) is 5.91 Å². The highest BCUT2D eigenvalue weighted by Gasteiger charge is 2.30. The summed E-state index contributed by atoms with van der Waals surface area (Å²) in [6, 6.07) is 8.10. The molecule has 2 aromatic rings. The third kappa shape index (κ3) is 4.29. The molecule has 0 unspecified atom stereocenters. The van der Waals surface area contributed by atoms with E-state index in [1.165, 1.54) is 5.56 Å². The van der Waals surface area contributed by atoms with Crippen molar-refractivity contribution in [2.45, 2.75) is 43.3 Å². The Labute approximate surface area is 145 Å². The number of methoxy groups -OCH3 is 1. The third-order valence-corrected chi connectivity index (χ3v) is 5.02. The lowest BCUT2D eigenvalue weighted by Crippen LogP contribution is -2.15. The first-order valence-corrected chi connectivity index (χ1v) is 9.13. The van der Waals surface area contributed by atoms with E-state index in [-0.39, 0.29) is 5.91 Å². The molecule has 1 heterocycles. The molecule has 0 saturated heterocycles. The van der Waals surface area contributed by atoms with E-state index < -0.39 is 0 Å². The highest BCUT2D eigenvalue weighted by atomic mass is 32.2. The van der Waals surface area contributed by atoms with Gasteiger partial charge in [-0.05, 0) is 37.0 Å². The lowest BCUT2D eigenvalue weighted by molar-refractivity contribution is -0.118. The lowest BCUT2D eigenvalue weighted by atomic mass is 10.2. The smallest absolute Gasteiger partial charge is 0.219 e. The van der Waals surface area contributed by atoms with Crippen molar-refractivity contribution < 1.29 is 9.53 Å². The number of rotatable bonds is 9. The van der Waals surface area contributed by atoms with Gasteiger partial charge in [0, 0.05) is 24.6 Å². The van der Waals surface area contributed by atoms with Crippen molar-refractivity contribution in [1.29, 1.82) is 0 Å². The molecule has 1 amide bonds. The molecule has 1 aromatic carbocycles. The van der Waals surface area contributed by atoms with Crippen LogP contribution in [0.5, 0.6) is 5.75 Å². The summed E-state index contributed by atoms with van der Waals surface area (Å²) >= 11 is 1.68. The number of primary amides is 1. The number of aryl methyl sites for hydroxylation is 1. The Balaban J connectivity index is 1.60. The summed E-state index contributed by atoms with van der Waals surface area (Å²) in [6.07, 6.45) is 3.58. The molecule has 0 radical (unpaired) electrons. The fourth-order valence-electron chi connectivity index (χ4n) is 2.53. The van der Waals surface area contributed by atoms with Crippen LogP contribution in [-0.4, -0.2) is 33.5 Å². The number of thioether (sulfide) groups is 1. The Morgan fingerprint density at radius 3 is 2.71 bits per heavy atom. The molecule has 7 heteroatoms. The number of benzene rings is 1. The van der Waals surface area contributed by atoms with Gasteiger partial charge in [-0.1, -0.05) is 23.9 Å². The molecule has 1 aliphatic carbocycles. The average Bonchev–Trinajstić information content (AvgIpc) is 3.35. The number of ether oxygens (including phenoxy) is 1. The van der Waals surface area contributed by atoms with E-state index in [0.29, 0.717) is 18.9 Å². The van der Waals surface area contributed by atoms with Crippen LogP contribution >= 0.6 is 11.8 Å². The molecule has 1 aromatic heterocycles. The maximum atomic E-state index is 11.1. The van der Waals surface area contributed by atoms with Crippen molar-refractivity contribution in [3.8, 4) is 5.75 Å². The third-order valence-electron chi connectivity index (χ3n) is 4.05. The van der Waals surface area contributed by atoms with Gasteiger partial charge in [-0.3, -0.25) is 4.79 Å². The van der Waals surface area contributed by atoms with Gasteiger partial charge in [-0.15, -0.1) is 10.2 Å². The van der Waals surface area contributed by atoms with Crippen molar-refractivity contribution in [2.24, 2.45) is 5.73 Å². The second-order valence-corrected chi connectivity index (χ2v) is 6.99. The van der Waals surface area contributed by atoms with Gasteiger partial charge in [0.05, 0.1) is 7.11 Å². The predicted molar refractivity (Wildman–Crippen MR) is 93.2 cm³/mol. The maximum absolute atomic E-state index is 11.1. The standard InChI is InChI=1S/C17H22N4O2S/c1-23-14-6-2-12(3-7-14)9-11-24-17-20-19-16(13-4-5-13)21(17)10-8-15(18)22/h2-3,6-7,13H,4-5,8-11H2,1H3,(H2,18,22). The number of hydrogen-bond acceptors (Lipinski definition) is 5. The molecule has 1 saturated carbocycles. The summed E-state index contributed by atoms with van der Waals surface area (Å²) in [5, 5.41) is 9.53. The Morgan fingerprint density at radius 2 is 2.08 bits per heavy atom. The molecule has 2 N–H and O–H groups in total. The number of aromatic nitrogens is 3. The molecular formula is C17H22N4O2S. The summed E-state index contributed by atoms with van der Waals surface area (Å²) in [5.41, 5.74) is 6.55. The van der Waals surface area contributed by atoms with E-state index in [4.69, 9.17) is 10.5 Å². The van der Waals surface area contributed by atoms with Crippen LogP contribution in [0.15, 0.2) is 29.4 Å². The van der Waals surface area contributed by atoms with Crippen LogP contribution in [0.4, 0.5) is 0 Å². The summed E-state index contributed by atoms with van der Waals surface area (Å²) < 4.78 is 7.24. The molecule has 128 valence electrons. The number of nitrogens with zero attached hydrogens (tertiary/aromatic N) is 3. The molecule has 1 fully saturated rings. The molecule has 0 aliphatic heterocycles. The van der Waals surface area contributed by atoms with Crippen LogP contribution in [0.1, 0.15) is 36.6 Å². The number of amides is 1. The molecule has 1 aliphatic rings. The minimum atomic E-state index is -0.292. The Bertz CT molecular complexity index is 695. The quantitative estimate of drug-likeness (QED) is 0.705. The van der Waals surface area contributed by atoms with Gasteiger partial charge in [0.1, 0.15) is 11.6 Å². The molecule has 0 atom stereocenters. The topological polar surface area (TPSA) is 83.0 Å². The fourth-order valence-corrected chi connectivity index (χ4v) is 3.49. The van der Waals surface area contributed by atoms with Crippen LogP contribution in [0, 0.1) is 0 Å². The summed E-state index contributed by atoms with van der Waals surface area (Å²) in [4.78, 5) is 11.1. The minimum absolute atomic E-state index is 0.292. The molecule has 0 spiro atoms.